The third-order valence-corrected chi connectivity index (χ3v) is 4.85. The van der Waals surface area contributed by atoms with E-state index in [4.69, 9.17) is 11.6 Å². The van der Waals surface area contributed by atoms with Gasteiger partial charge in [-0.25, -0.2) is 0 Å². The van der Waals surface area contributed by atoms with E-state index in [2.05, 4.69) is 47.9 Å². The first-order valence-corrected chi connectivity index (χ1v) is 7.91. The highest BCUT2D eigenvalue weighted by Crippen LogP contribution is 2.32. The van der Waals surface area contributed by atoms with E-state index in [1.54, 1.807) is 22.7 Å². The van der Waals surface area contributed by atoms with Gasteiger partial charge in [-0.15, -0.1) is 22.7 Å². The molecule has 0 bridgehead atoms. The number of thiophene rings is 2. The molecule has 2 aromatic rings. The molecule has 1 N–H and O–H groups in total. The summed E-state index contributed by atoms with van der Waals surface area (Å²) in [6.07, 6.45) is 0. The summed E-state index contributed by atoms with van der Waals surface area (Å²) < 4.78 is 0.848. The van der Waals surface area contributed by atoms with Crippen molar-refractivity contribution in [3.8, 4) is 0 Å². The lowest BCUT2D eigenvalue weighted by atomic mass is 10.2. The maximum absolute atomic E-state index is 6.04. The van der Waals surface area contributed by atoms with Crippen LogP contribution in [-0.2, 0) is 0 Å². The van der Waals surface area contributed by atoms with Crippen molar-refractivity contribution >= 4 is 34.3 Å². The minimum Gasteiger partial charge on any atom is -0.308 e. The maximum Gasteiger partial charge on any atom is 0.0931 e. The molecule has 2 heterocycles. The fourth-order valence-corrected chi connectivity index (χ4v) is 3.76. The standard InChI is InChI=1S/C13H17ClN2S2/c1-16(2)8-7-15-13(10-4-3-9-17-10)11-5-6-12(14)18-11/h3-6,9,13,15H,7-8H2,1-2H3. The van der Waals surface area contributed by atoms with Crippen LogP contribution in [0.5, 0.6) is 0 Å². The number of likely N-dealkylation sites (N-methyl/N-ethyl adjacent to an activating group) is 1. The van der Waals surface area contributed by atoms with Crippen LogP contribution in [0.4, 0.5) is 0 Å². The largest absolute Gasteiger partial charge is 0.308 e. The Hall–Kier alpha value is -0.390. The molecule has 0 amide bonds. The summed E-state index contributed by atoms with van der Waals surface area (Å²) in [5.74, 6) is 0. The Morgan fingerprint density at radius 3 is 2.67 bits per heavy atom. The molecule has 0 saturated heterocycles. The van der Waals surface area contributed by atoms with Crippen molar-refractivity contribution in [2.75, 3.05) is 27.2 Å². The normalized spacial score (nSPS) is 13.1. The lowest BCUT2D eigenvalue weighted by molar-refractivity contribution is 0.394. The van der Waals surface area contributed by atoms with E-state index in [9.17, 15) is 0 Å². The quantitative estimate of drug-likeness (QED) is 0.875. The van der Waals surface area contributed by atoms with Gasteiger partial charge in [-0.1, -0.05) is 17.7 Å². The number of nitrogens with zero attached hydrogens (tertiary/aromatic N) is 1. The lowest BCUT2D eigenvalue weighted by Crippen LogP contribution is -2.29. The molecule has 0 fully saturated rings. The number of rotatable bonds is 6. The van der Waals surface area contributed by atoms with Crippen molar-refractivity contribution in [3.63, 3.8) is 0 Å². The van der Waals surface area contributed by atoms with Crippen molar-refractivity contribution in [1.29, 1.82) is 0 Å². The van der Waals surface area contributed by atoms with E-state index in [1.165, 1.54) is 9.75 Å². The van der Waals surface area contributed by atoms with Crippen molar-refractivity contribution in [2.24, 2.45) is 0 Å². The van der Waals surface area contributed by atoms with E-state index in [0.29, 0.717) is 0 Å². The average molecular weight is 301 g/mol. The van der Waals surface area contributed by atoms with Crippen LogP contribution >= 0.6 is 34.3 Å². The summed E-state index contributed by atoms with van der Waals surface area (Å²) in [5, 5.41) is 5.72. The zero-order chi connectivity index (χ0) is 13.0. The third-order valence-electron chi connectivity index (χ3n) is 2.61. The van der Waals surface area contributed by atoms with Crippen LogP contribution in [0.25, 0.3) is 0 Å². The van der Waals surface area contributed by atoms with Crippen molar-refractivity contribution in [1.82, 2.24) is 10.2 Å². The molecule has 2 nitrogen and oxygen atoms in total. The van der Waals surface area contributed by atoms with Gasteiger partial charge in [-0.3, -0.25) is 0 Å². The van der Waals surface area contributed by atoms with Gasteiger partial charge in [-0.05, 0) is 37.7 Å². The Labute approximate surface area is 121 Å². The van der Waals surface area contributed by atoms with Crippen LogP contribution in [0, 0.1) is 0 Å². The van der Waals surface area contributed by atoms with Crippen LogP contribution < -0.4 is 5.32 Å². The van der Waals surface area contributed by atoms with Crippen molar-refractivity contribution in [3.05, 3.63) is 43.7 Å². The van der Waals surface area contributed by atoms with Crippen LogP contribution in [0.1, 0.15) is 15.8 Å². The second-order valence-electron chi connectivity index (χ2n) is 4.35. The maximum atomic E-state index is 6.04. The Balaban J connectivity index is 2.09. The van der Waals surface area contributed by atoms with Crippen LogP contribution in [0.2, 0.25) is 4.34 Å². The third kappa shape index (κ3) is 3.80. The Morgan fingerprint density at radius 2 is 2.11 bits per heavy atom. The van der Waals surface area contributed by atoms with Crippen LogP contribution in [0.3, 0.4) is 0 Å². The first-order chi connectivity index (χ1) is 8.66. The highest BCUT2D eigenvalue weighted by atomic mass is 35.5. The van der Waals surface area contributed by atoms with Crippen LogP contribution in [-0.4, -0.2) is 32.1 Å². The molecule has 0 aromatic carbocycles. The molecule has 2 rings (SSSR count). The molecular formula is C13H17ClN2S2. The summed E-state index contributed by atoms with van der Waals surface area (Å²) >= 11 is 9.47. The topological polar surface area (TPSA) is 15.3 Å². The molecule has 0 aliphatic heterocycles. The highest BCUT2D eigenvalue weighted by Gasteiger charge is 2.16. The Morgan fingerprint density at radius 1 is 1.28 bits per heavy atom. The fraction of sp³-hybridized carbons (Fsp3) is 0.385. The molecule has 18 heavy (non-hydrogen) atoms. The zero-order valence-corrected chi connectivity index (χ0v) is 12.9. The van der Waals surface area contributed by atoms with E-state index < -0.39 is 0 Å². The Bertz CT molecular complexity index is 465. The van der Waals surface area contributed by atoms with Gasteiger partial charge in [0.15, 0.2) is 0 Å². The molecule has 2 aromatic heterocycles. The van der Waals surface area contributed by atoms with Crippen molar-refractivity contribution in [2.45, 2.75) is 6.04 Å². The van der Waals surface area contributed by atoms with Gasteiger partial charge >= 0.3 is 0 Å². The van der Waals surface area contributed by atoms with Crippen molar-refractivity contribution < 1.29 is 0 Å². The summed E-state index contributed by atoms with van der Waals surface area (Å²) in [5.41, 5.74) is 0. The predicted octanol–water partition coefficient (Wildman–Crippen LogP) is 3.70. The lowest BCUT2D eigenvalue weighted by Gasteiger charge is -2.18. The summed E-state index contributed by atoms with van der Waals surface area (Å²) in [4.78, 5) is 4.80. The number of nitrogens with one attached hydrogen (secondary N) is 1. The average Bonchev–Trinajstić information content (AvgIpc) is 2.95. The van der Waals surface area contributed by atoms with Crippen LogP contribution in [0.15, 0.2) is 29.6 Å². The molecule has 5 heteroatoms. The fourth-order valence-electron chi connectivity index (χ4n) is 1.71. The highest BCUT2D eigenvalue weighted by molar-refractivity contribution is 7.16. The van der Waals surface area contributed by atoms with Gasteiger partial charge in [0.1, 0.15) is 0 Å². The molecule has 0 saturated carbocycles. The predicted molar refractivity (Wildman–Crippen MR) is 82.0 cm³/mol. The summed E-state index contributed by atoms with van der Waals surface area (Å²) in [6.45, 7) is 1.99. The molecule has 1 atom stereocenters. The molecular weight excluding hydrogens is 284 g/mol. The van der Waals surface area contributed by atoms with Gasteiger partial charge < -0.3 is 10.2 Å². The minimum absolute atomic E-state index is 0.266. The molecule has 98 valence electrons. The Kier molecular flexibility index (Phi) is 5.21. The molecule has 0 aliphatic carbocycles. The van der Waals surface area contributed by atoms with Gasteiger partial charge in [0.25, 0.3) is 0 Å². The minimum atomic E-state index is 0.266. The first kappa shape index (κ1) is 14.0. The number of hydrogen-bond donors (Lipinski definition) is 1. The molecule has 0 aliphatic rings. The van der Waals surface area contributed by atoms with Gasteiger partial charge in [-0.2, -0.15) is 0 Å². The second kappa shape index (κ2) is 6.68. The van der Waals surface area contributed by atoms with Gasteiger partial charge in [0, 0.05) is 22.8 Å². The van der Waals surface area contributed by atoms with E-state index in [-0.39, 0.29) is 6.04 Å². The molecule has 0 radical (unpaired) electrons. The number of hydrogen-bond acceptors (Lipinski definition) is 4. The summed E-state index contributed by atoms with van der Waals surface area (Å²) in [7, 11) is 4.17. The monoisotopic (exact) mass is 300 g/mol. The van der Waals surface area contributed by atoms with Gasteiger partial charge in [0.05, 0.1) is 10.4 Å². The zero-order valence-electron chi connectivity index (χ0n) is 10.5. The van der Waals surface area contributed by atoms with E-state index in [1.807, 2.05) is 6.07 Å². The van der Waals surface area contributed by atoms with Gasteiger partial charge in [0.2, 0.25) is 0 Å². The smallest absolute Gasteiger partial charge is 0.0931 e. The second-order valence-corrected chi connectivity index (χ2v) is 7.07. The number of halogens is 1. The summed E-state index contributed by atoms with van der Waals surface area (Å²) in [6, 6.07) is 8.61. The SMILES string of the molecule is CN(C)CCNC(c1cccs1)c1ccc(Cl)s1. The van der Waals surface area contributed by atoms with E-state index >= 15 is 0 Å². The van der Waals surface area contributed by atoms with E-state index in [0.717, 1.165) is 17.4 Å². The molecule has 1 unspecified atom stereocenters. The first-order valence-electron chi connectivity index (χ1n) is 5.83. The molecule has 0 spiro atoms.